The summed E-state index contributed by atoms with van der Waals surface area (Å²) in [5.41, 5.74) is 6.51. The van der Waals surface area contributed by atoms with E-state index in [1.165, 1.54) is 31.2 Å². The normalized spacial score (nSPS) is 20.8. The van der Waals surface area contributed by atoms with Crippen LogP contribution in [0, 0.1) is 11.8 Å². The van der Waals surface area contributed by atoms with E-state index in [9.17, 15) is 9.59 Å². The molecule has 26 heavy (non-hydrogen) atoms. The van der Waals surface area contributed by atoms with Crippen molar-refractivity contribution >= 4 is 11.8 Å². The summed E-state index contributed by atoms with van der Waals surface area (Å²) in [6.07, 6.45) is 7.27. The van der Waals surface area contributed by atoms with Gasteiger partial charge in [0.05, 0.1) is 12.6 Å². The molecule has 1 atom stereocenters. The highest BCUT2D eigenvalue weighted by Gasteiger charge is 2.28. The first kappa shape index (κ1) is 18.9. The molecular weight excluding hydrogens is 326 g/mol. The molecule has 1 saturated carbocycles. The fourth-order valence-electron chi connectivity index (χ4n) is 4.48. The van der Waals surface area contributed by atoms with Crippen LogP contribution >= 0.6 is 0 Å². The van der Waals surface area contributed by atoms with E-state index >= 15 is 0 Å². The van der Waals surface area contributed by atoms with Crippen LogP contribution in [-0.4, -0.2) is 36.3 Å². The largest absolute Gasteiger partial charge is 0.370 e. The fourth-order valence-corrected chi connectivity index (χ4v) is 4.48. The lowest BCUT2D eigenvalue weighted by atomic mass is 9.91. The first-order valence-electron chi connectivity index (χ1n) is 9.97. The van der Waals surface area contributed by atoms with E-state index in [2.05, 4.69) is 22.3 Å². The van der Waals surface area contributed by atoms with Crippen molar-refractivity contribution in [3.8, 4) is 0 Å². The summed E-state index contributed by atoms with van der Waals surface area (Å²) >= 11 is 0. The second kappa shape index (κ2) is 9.17. The van der Waals surface area contributed by atoms with Crippen LogP contribution in [0.5, 0.6) is 0 Å². The standard InChI is InChI=1S/C21H31N3O2/c22-19(25)14-16-10-12-24(13-11-16)15-20(26)23-21(18-8-4-5-9-18)17-6-2-1-3-7-17/h1-3,6-7,16,18,21H,4-5,8-15H2,(H2,22,25)(H,23,26). The molecule has 1 saturated heterocycles. The number of nitrogens with one attached hydrogen (secondary N) is 1. The molecule has 1 heterocycles. The minimum absolute atomic E-state index is 0.110. The van der Waals surface area contributed by atoms with E-state index in [4.69, 9.17) is 5.73 Å². The number of primary amides is 1. The minimum Gasteiger partial charge on any atom is -0.370 e. The Hall–Kier alpha value is -1.88. The third kappa shape index (κ3) is 5.31. The van der Waals surface area contributed by atoms with Gasteiger partial charge in [-0.3, -0.25) is 14.5 Å². The second-order valence-corrected chi connectivity index (χ2v) is 7.89. The lowest BCUT2D eigenvalue weighted by molar-refractivity contribution is -0.124. The summed E-state index contributed by atoms with van der Waals surface area (Å²) in [5, 5.41) is 3.31. The number of piperidine rings is 1. The maximum absolute atomic E-state index is 12.7. The molecule has 1 aliphatic heterocycles. The molecule has 5 heteroatoms. The van der Waals surface area contributed by atoms with Crippen molar-refractivity contribution in [2.75, 3.05) is 19.6 Å². The average Bonchev–Trinajstić information content (AvgIpc) is 3.16. The number of amides is 2. The Morgan fingerprint density at radius 3 is 2.35 bits per heavy atom. The molecule has 1 unspecified atom stereocenters. The highest BCUT2D eigenvalue weighted by Crippen LogP contribution is 2.35. The van der Waals surface area contributed by atoms with Crippen LogP contribution in [0.15, 0.2) is 30.3 Å². The van der Waals surface area contributed by atoms with Crippen LogP contribution < -0.4 is 11.1 Å². The highest BCUT2D eigenvalue weighted by molar-refractivity contribution is 5.78. The Balaban J connectivity index is 1.53. The van der Waals surface area contributed by atoms with Crippen molar-refractivity contribution in [3.05, 3.63) is 35.9 Å². The number of likely N-dealkylation sites (tertiary alicyclic amines) is 1. The van der Waals surface area contributed by atoms with Gasteiger partial charge < -0.3 is 11.1 Å². The van der Waals surface area contributed by atoms with Gasteiger partial charge in [-0.15, -0.1) is 0 Å². The molecule has 1 aromatic carbocycles. The van der Waals surface area contributed by atoms with Crippen molar-refractivity contribution in [2.24, 2.45) is 17.6 Å². The molecule has 0 radical (unpaired) electrons. The van der Waals surface area contributed by atoms with Crippen LogP contribution in [-0.2, 0) is 9.59 Å². The molecule has 0 bridgehead atoms. The fraction of sp³-hybridized carbons (Fsp3) is 0.619. The van der Waals surface area contributed by atoms with E-state index in [1.54, 1.807) is 0 Å². The Labute approximate surface area is 156 Å². The predicted octanol–water partition coefficient (Wildman–Crippen LogP) is 2.62. The van der Waals surface area contributed by atoms with Gasteiger partial charge in [-0.1, -0.05) is 43.2 Å². The zero-order valence-corrected chi connectivity index (χ0v) is 15.5. The Morgan fingerprint density at radius 1 is 1.08 bits per heavy atom. The van der Waals surface area contributed by atoms with Crippen molar-refractivity contribution < 1.29 is 9.59 Å². The highest BCUT2D eigenvalue weighted by atomic mass is 16.2. The zero-order chi connectivity index (χ0) is 18.4. The van der Waals surface area contributed by atoms with Crippen LogP contribution in [0.3, 0.4) is 0 Å². The summed E-state index contributed by atoms with van der Waals surface area (Å²) in [6.45, 7) is 2.18. The van der Waals surface area contributed by atoms with Crippen molar-refractivity contribution in [1.82, 2.24) is 10.2 Å². The molecule has 3 rings (SSSR count). The smallest absolute Gasteiger partial charge is 0.234 e. The summed E-state index contributed by atoms with van der Waals surface area (Å²) < 4.78 is 0. The first-order chi connectivity index (χ1) is 12.6. The van der Waals surface area contributed by atoms with Crippen LogP contribution in [0.4, 0.5) is 0 Å². The minimum atomic E-state index is -0.219. The molecule has 2 fully saturated rings. The van der Waals surface area contributed by atoms with Crippen molar-refractivity contribution in [3.63, 3.8) is 0 Å². The van der Waals surface area contributed by atoms with Gasteiger partial charge in [-0.05, 0) is 56.2 Å². The lowest BCUT2D eigenvalue weighted by Crippen LogP contribution is -2.43. The zero-order valence-electron chi connectivity index (χ0n) is 15.5. The Morgan fingerprint density at radius 2 is 1.73 bits per heavy atom. The number of carbonyl (C=O) groups excluding carboxylic acids is 2. The van der Waals surface area contributed by atoms with Gasteiger partial charge in [-0.2, -0.15) is 0 Å². The number of rotatable bonds is 7. The number of benzene rings is 1. The van der Waals surface area contributed by atoms with Crippen molar-refractivity contribution in [1.29, 1.82) is 0 Å². The van der Waals surface area contributed by atoms with E-state index in [0.717, 1.165) is 25.9 Å². The number of hydrogen-bond donors (Lipinski definition) is 2. The van der Waals surface area contributed by atoms with Gasteiger partial charge in [0.25, 0.3) is 0 Å². The molecule has 2 aliphatic rings. The molecule has 5 nitrogen and oxygen atoms in total. The van der Waals surface area contributed by atoms with E-state index < -0.39 is 0 Å². The van der Waals surface area contributed by atoms with E-state index in [1.807, 2.05) is 18.2 Å². The Bertz CT molecular complexity index is 591. The summed E-state index contributed by atoms with van der Waals surface area (Å²) in [6, 6.07) is 10.5. The molecule has 142 valence electrons. The SMILES string of the molecule is NC(=O)CC1CCN(CC(=O)NC(c2ccccc2)C2CCCC2)CC1. The monoisotopic (exact) mass is 357 g/mol. The molecular formula is C21H31N3O2. The van der Waals surface area contributed by atoms with Crippen LogP contribution in [0.1, 0.15) is 56.6 Å². The van der Waals surface area contributed by atoms with Gasteiger partial charge >= 0.3 is 0 Å². The predicted molar refractivity (Wildman–Crippen MR) is 102 cm³/mol. The molecule has 0 spiro atoms. The van der Waals surface area contributed by atoms with Gasteiger partial charge in [0.15, 0.2) is 0 Å². The van der Waals surface area contributed by atoms with E-state index in [0.29, 0.717) is 24.8 Å². The third-order valence-electron chi connectivity index (χ3n) is 5.91. The molecule has 2 amide bonds. The number of nitrogens with zero attached hydrogens (tertiary/aromatic N) is 1. The number of hydrogen-bond acceptors (Lipinski definition) is 3. The summed E-state index contributed by atoms with van der Waals surface area (Å²) in [5.74, 6) is 0.813. The van der Waals surface area contributed by atoms with Gasteiger partial charge in [0.2, 0.25) is 11.8 Å². The first-order valence-corrected chi connectivity index (χ1v) is 9.97. The van der Waals surface area contributed by atoms with Gasteiger partial charge in [0.1, 0.15) is 0 Å². The number of carbonyl (C=O) groups is 2. The molecule has 3 N–H and O–H groups in total. The second-order valence-electron chi connectivity index (χ2n) is 7.89. The quantitative estimate of drug-likeness (QED) is 0.788. The molecule has 1 aromatic rings. The molecule has 1 aliphatic carbocycles. The summed E-state index contributed by atoms with van der Waals surface area (Å²) in [4.78, 5) is 25.9. The number of nitrogens with two attached hydrogens (primary N) is 1. The van der Waals surface area contributed by atoms with Gasteiger partial charge in [-0.25, -0.2) is 0 Å². The third-order valence-corrected chi connectivity index (χ3v) is 5.91. The molecule has 0 aromatic heterocycles. The van der Waals surface area contributed by atoms with Crippen LogP contribution in [0.2, 0.25) is 0 Å². The van der Waals surface area contributed by atoms with Crippen LogP contribution in [0.25, 0.3) is 0 Å². The van der Waals surface area contributed by atoms with Gasteiger partial charge in [0, 0.05) is 6.42 Å². The maximum atomic E-state index is 12.7. The van der Waals surface area contributed by atoms with E-state index in [-0.39, 0.29) is 17.9 Å². The summed E-state index contributed by atoms with van der Waals surface area (Å²) in [7, 11) is 0. The average molecular weight is 357 g/mol. The topological polar surface area (TPSA) is 75.4 Å². The Kier molecular flexibility index (Phi) is 6.67. The maximum Gasteiger partial charge on any atom is 0.234 e. The lowest BCUT2D eigenvalue weighted by Gasteiger charge is -2.32. The van der Waals surface area contributed by atoms with Crippen molar-refractivity contribution in [2.45, 2.75) is 51.0 Å².